The van der Waals surface area contributed by atoms with Crippen molar-refractivity contribution in [2.24, 2.45) is 0 Å². The largest absolute Gasteiger partial charge is 0.497 e. The third kappa shape index (κ3) is 4.15. The summed E-state index contributed by atoms with van der Waals surface area (Å²) in [5, 5.41) is 10.2. The van der Waals surface area contributed by atoms with Gasteiger partial charge in [0.2, 0.25) is 0 Å². The van der Waals surface area contributed by atoms with Crippen molar-refractivity contribution in [3.8, 4) is 39.8 Å². The Morgan fingerprint density at radius 1 is 0.765 bits per heavy atom. The molecule has 0 unspecified atom stereocenters. The molecule has 0 bridgehead atoms. The number of pyridine rings is 1. The van der Waals surface area contributed by atoms with Gasteiger partial charge in [0.05, 0.1) is 25.8 Å². The summed E-state index contributed by atoms with van der Waals surface area (Å²) in [4.78, 5) is 0. The van der Waals surface area contributed by atoms with Gasteiger partial charge in [-0.05, 0) is 74.0 Å². The second-order valence-electron chi connectivity index (χ2n) is 7.99. The zero-order valence-electron chi connectivity index (χ0n) is 19.6. The molecule has 0 fully saturated rings. The van der Waals surface area contributed by atoms with Crippen LogP contribution in [0.5, 0.6) is 17.2 Å². The van der Waals surface area contributed by atoms with Crippen LogP contribution in [0.2, 0.25) is 0 Å². The van der Waals surface area contributed by atoms with Crippen molar-refractivity contribution < 1.29 is 14.2 Å². The topological polar surface area (TPSA) is 58.4 Å². The number of rotatable bonds is 8. The Bertz CT molecular complexity index is 1390. The highest BCUT2D eigenvalue weighted by molar-refractivity contribution is 5.98. The Labute approximate surface area is 199 Å². The first-order valence-electron chi connectivity index (χ1n) is 11.5. The lowest BCUT2D eigenvalue weighted by Crippen LogP contribution is -2.05. The molecule has 0 radical (unpaired) electrons. The average Bonchev–Trinajstić information content (AvgIpc) is 3.29. The molecule has 5 rings (SSSR count). The van der Waals surface area contributed by atoms with Crippen LogP contribution < -0.4 is 14.2 Å². The lowest BCUT2D eigenvalue weighted by molar-refractivity contribution is 0.340. The zero-order valence-corrected chi connectivity index (χ0v) is 19.6. The van der Waals surface area contributed by atoms with Crippen molar-refractivity contribution in [1.29, 1.82) is 0 Å². The third-order valence-electron chi connectivity index (χ3n) is 5.81. The third-order valence-corrected chi connectivity index (χ3v) is 5.81. The number of methoxy groups -OCH3 is 1. The molecule has 0 saturated carbocycles. The first-order chi connectivity index (χ1) is 16.7. The molecule has 3 aromatic rings. The van der Waals surface area contributed by atoms with E-state index in [0.717, 1.165) is 56.2 Å². The maximum absolute atomic E-state index is 5.79. The Balaban J connectivity index is 1.66. The van der Waals surface area contributed by atoms with Crippen molar-refractivity contribution in [3.63, 3.8) is 0 Å². The van der Waals surface area contributed by atoms with Gasteiger partial charge in [-0.1, -0.05) is 12.1 Å². The molecule has 172 valence electrons. The van der Waals surface area contributed by atoms with Crippen molar-refractivity contribution >= 4 is 10.9 Å². The summed E-state index contributed by atoms with van der Waals surface area (Å²) in [7, 11) is 1.69. The van der Waals surface area contributed by atoms with Crippen molar-refractivity contribution in [3.05, 3.63) is 78.5 Å². The minimum absolute atomic E-state index is 0.607. The summed E-state index contributed by atoms with van der Waals surface area (Å²) < 4.78 is 19.1. The molecule has 2 heterocycles. The molecular weight excluding hydrogens is 426 g/mol. The molecule has 0 aliphatic carbocycles. The summed E-state index contributed by atoms with van der Waals surface area (Å²) in [5.74, 6) is 2.50. The number of nitrogens with zero attached hydrogens (tertiary/aromatic N) is 3. The van der Waals surface area contributed by atoms with E-state index in [1.807, 2.05) is 56.3 Å². The molecule has 6 nitrogen and oxygen atoms in total. The van der Waals surface area contributed by atoms with Gasteiger partial charge in [-0.15, -0.1) is 10.2 Å². The smallest absolute Gasteiger partial charge is 0.120 e. The van der Waals surface area contributed by atoms with Crippen LogP contribution in [0.15, 0.2) is 72.9 Å². The molecule has 34 heavy (non-hydrogen) atoms. The molecule has 2 aliphatic heterocycles. The van der Waals surface area contributed by atoms with Crippen molar-refractivity contribution in [2.45, 2.75) is 20.4 Å². The number of benzene rings is 3. The Morgan fingerprint density at radius 3 is 2.26 bits per heavy atom. The number of aromatic nitrogens is 3. The van der Waals surface area contributed by atoms with E-state index in [2.05, 4.69) is 45.2 Å². The number of fused-ring (bicyclic) bond motifs is 3. The van der Waals surface area contributed by atoms with Crippen molar-refractivity contribution in [1.82, 2.24) is 14.8 Å². The first kappa shape index (κ1) is 21.8. The van der Waals surface area contributed by atoms with Gasteiger partial charge in [0.1, 0.15) is 28.6 Å². The molecule has 0 amide bonds. The highest BCUT2D eigenvalue weighted by Gasteiger charge is 2.21. The Kier molecular flexibility index (Phi) is 6.04. The lowest BCUT2D eigenvalue weighted by atomic mass is 10.0. The van der Waals surface area contributed by atoms with Crippen LogP contribution in [0, 0.1) is 0 Å². The predicted molar refractivity (Wildman–Crippen MR) is 134 cm³/mol. The second kappa shape index (κ2) is 9.43. The van der Waals surface area contributed by atoms with Gasteiger partial charge < -0.3 is 18.8 Å². The van der Waals surface area contributed by atoms with Gasteiger partial charge in [0.25, 0.3) is 0 Å². The molecule has 0 atom stereocenters. The van der Waals surface area contributed by atoms with Crippen LogP contribution in [-0.4, -0.2) is 35.1 Å². The number of ether oxygens (including phenoxy) is 3. The average molecular weight is 454 g/mol. The quantitative estimate of drug-likeness (QED) is 0.286. The van der Waals surface area contributed by atoms with E-state index < -0.39 is 0 Å². The normalized spacial score (nSPS) is 11.1. The Hall–Kier alpha value is -4.06. The molecule has 0 spiro atoms. The SMILES string of the molecule is CCOc1ccc(-c2nnc3c4cc(OCC)ccc4n(Cc4cccc(OC)c4)cc2-3)cc1. The van der Waals surface area contributed by atoms with E-state index in [1.165, 1.54) is 0 Å². The number of hydrogen-bond donors (Lipinski definition) is 0. The van der Waals surface area contributed by atoms with E-state index in [0.29, 0.717) is 19.8 Å². The highest BCUT2D eigenvalue weighted by atomic mass is 16.5. The Morgan fingerprint density at radius 2 is 1.50 bits per heavy atom. The second-order valence-corrected chi connectivity index (χ2v) is 7.99. The summed E-state index contributed by atoms with van der Waals surface area (Å²) in [6.07, 6.45) is 2.14. The predicted octanol–water partition coefficient (Wildman–Crippen LogP) is 6.06. The molecule has 6 heteroatoms. The summed E-state index contributed by atoms with van der Waals surface area (Å²) >= 11 is 0. The summed E-state index contributed by atoms with van der Waals surface area (Å²) in [6, 6.07) is 22.3. The van der Waals surface area contributed by atoms with E-state index in [-0.39, 0.29) is 0 Å². The maximum Gasteiger partial charge on any atom is 0.120 e. The summed E-state index contributed by atoms with van der Waals surface area (Å²) in [6.45, 7) is 5.89. The first-order valence-corrected chi connectivity index (χ1v) is 11.5. The fourth-order valence-corrected chi connectivity index (χ4v) is 4.27. The van der Waals surface area contributed by atoms with Crippen LogP contribution in [0.25, 0.3) is 33.4 Å². The van der Waals surface area contributed by atoms with Gasteiger partial charge in [-0.2, -0.15) is 0 Å². The molecule has 3 aromatic carbocycles. The van der Waals surface area contributed by atoms with E-state index in [4.69, 9.17) is 14.2 Å². The van der Waals surface area contributed by atoms with Gasteiger partial charge in [-0.25, -0.2) is 0 Å². The minimum Gasteiger partial charge on any atom is -0.497 e. The monoisotopic (exact) mass is 453 g/mol. The van der Waals surface area contributed by atoms with E-state index >= 15 is 0 Å². The fraction of sp³-hybridized carbons (Fsp3) is 0.214. The fourth-order valence-electron chi connectivity index (χ4n) is 4.27. The van der Waals surface area contributed by atoms with Crippen LogP contribution in [0.3, 0.4) is 0 Å². The molecular formula is C28H27N3O3. The van der Waals surface area contributed by atoms with Gasteiger partial charge >= 0.3 is 0 Å². The van der Waals surface area contributed by atoms with Crippen LogP contribution in [-0.2, 0) is 6.54 Å². The number of hydrogen-bond acceptors (Lipinski definition) is 5. The highest BCUT2D eigenvalue weighted by Crippen LogP contribution is 2.38. The summed E-state index contributed by atoms with van der Waals surface area (Å²) in [5.41, 5.74) is 5.92. The van der Waals surface area contributed by atoms with Gasteiger partial charge in [0, 0.05) is 29.3 Å². The minimum atomic E-state index is 0.607. The van der Waals surface area contributed by atoms with Crippen LogP contribution in [0.1, 0.15) is 19.4 Å². The molecule has 0 saturated heterocycles. The zero-order chi connectivity index (χ0) is 23.5. The van der Waals surface area contributed by atoms with Gasteiger partial charge in [0.15, 0.2) is 0 Å². The van der Waals surface area contributed by atoms with Crippen molar-refractivity contribution in [2.75, 3.05) is 20.3 Å². The van der Waals surface area contributed by atoms with Crippen LogP contribution in [0.4, 0.5) is 0 Å². The molecule has 0 aromatic heterocycles. The lowest BCUT2D eigenvalue weighted by Gasteiger charge is -2.16. The molecule has 0 N–H and O–H groups in total. The van der Waals surface area contributed by atoms with E-state index in [1.54, 1.807) is 7.11 Å². The van der Waals surface area contributed by atoms with Crippen LogP contribution >= 0.6 is 0 Å². The standard InChI is InChI=1S/C28H27N3O3/c1-4-33-21-11-9-20(10-12-21)27-25-18-31(17-19-7-6-8-22(15-19)32-3)26-14-13-23(34-5-2)16-24(26)28(25)30-29-27/h6-16,18H,4-5,17H2,1-3H3. The van der Waals surface area contributed by atoms with E-state index in [9.17, 15) is 0 Å². The van der Waals surface area contributed by atoms with Gasteiger partial charge in [-0.3, -0.25) is 0 Å². The molecule has 2 aliphatic rings. The maximum atomic E-state index is 5.79.